The fourth-order valence-corrected chi connectivity index (χ4v) is 4.61. The molecule has 8 heteroatoms. The lowest BCUT2D eigenvalue weighted by Gasteiger charge is -2.26. The van der Waals surface area contributed by atoms with Crippen LogP contribution in [0, 0.1) is 0 Å². The molecule has 35 heavy (non-hydrogen) atoms. The van der Waals surface area contributed by atoms with E-state index < -0.39 is 15.9 Å². The lowest BCUT2D eigenvalue weighted by Crippen LogP contribution is -2.41. The van der Waals surface area contributed by atoms with E-state index in [1.165, 1.54) is 6.26 Å². The number of amides is 2. The molecule has 2 amide bonds. The van der Waals surface area contributed by atoms with E-state index in [2.05, 4.69) is 10.7 Å². The third-order valence-corrected chi connectivity index (χ3v) is 6.53. The third kappa shape index (κ3) is 5.87. The minimum atomic E-state index is -3.38. The van der Waals surface area contributed by atoms with Gasteiger partial charge in [-0.1, -0.05) is 60.7 Å². The lowest BCUT2D eigenvalue weighted by molar-refractivity contribution is 0.252. The van der Waals surface area contributed by atoms with Crippen LogP contribution in [0.25, 0.3) is 11.1 Å². The molecule has 0 aromatic heterocycles. The highest BCUT2D eigenvalue weighted by Gasteiger charge is 2.15. The minimum absolute atomic E-state index is 0.261. The van der Waals surface area contributed by atoms with E-state index in [1.807, 2.05) is 54.6 Å². The van der Waals surface area contributed by atoms with Crippen molar-refractivity contribution in [3.63, 3.8) is 0 Å². The highest BCUT2D eigenvalue weighted by molar-refractivity contribution is 7.90. The van der Waals surface area contributed by atoms with Crippen LogP contribution < -0.4 is 21.5 Å². The molecule has 0 saturated carbocycles. The van der Waals surface area contributed by atoms with Crippen molar-refractivity contribution >= 4 is 32.9 Å². The maximum Gasteiger partial charge on any atom is 0.338 e. The van der Waals surface area contributed by atoms with E-state index in [-0.39, 0.29) is 4.90 Å². The first-order chi connectivity index (χ1) is 16.8. The molecule has 0 atom stereocenters. The second-order valence-electron chi connectivity index (χ2n) is 7.96. The third-order valence-electron chi connectivity index (χ3n) is 5.37. The summed E-state index contributed by atoms with van der Waals surface area (Å²) in [6, 6.07) is 30.5. The molecule has 178 valence electrons. The smallest absolute Gasteiger partial charge is 0.326 e. The van der Waals surface area contributed by atoms with E-state index in [1.54, 1.807) is 53.5 Å². The lowest BCUT2D eigenvalue weighted by atomic mass is 10.1. The normalized spacial score (nSPS) is 11.0. The number of carbonyl (C=O) groups excluding carboxylic acids is 1. The van der Waals surface area contributed by atoms with Crippen molar-refractivity contribution in [2.75, 3.05) is 16.6 Å². The highest BCUT2D eigenvalue weighted by atomic mass is 32.2. The molecule has 0 aliphatic carbocycles. The molecule has 0 fully saturated rings. The van der Waals surface area contributed by atoms with Crippen LogP contribution in [0.2, 0.25) is 0 Å². The number of hydrogen-bond acceptors (Lipinski definition) is 5. The van der Waals surface area contributed by atoms with Crippen LogP contribution >= 0.6 is 0 Å². The Labute approximate surface area is 205 Å². The molecule has 7 nitrogen and oxygen atoms in total. The summed E-state index contributed by atoms with van der Waals surface area (Å²) in [6.07, 6.45) is 1.19. The number of nitrogens with one attached hydrogen (secondary N) is 2. The van der Waals surface area contributed by atoms with Crippen LogP contribution in [0.4, 0.5) is 21.9 Å². The van der Waals surface area contributed by atoms with Gasteiger partial charge in [0.2, 0.25) is 0 Å². The van der Waals surface area contributed by atoms with Crippen molar-refractivity contribution in [1.29, 1.82) is 0 Å². The van der Waals surface area contributed by atoms with Gasteiger partial charge in [-0.05, 0) is 53.6 Å². The Kier molecular flexibility index (Phi) is 7.14. The number of anilines is 3. The summed E-state index contributed by atoms with van der Waals surface area (Å²) in [5, 5.41) is 4.52. The summed E-state index contributed by atoms with van der Waals surface area (Å²) in [5.41, 5.74) is 13.1. The Hall–Kier alpha value is -4.14. The first kappa shape index (κ1) is 24.0. The number of urea groups is 1. The van der Waals surface area contributed by atoms with Gasteiger partial charge in [-0.3, -0.25) is 5.01 Å². The second kappa shape index (κ2) is 10.4. The maximum absolute atomic E-state index is 12.9. The van der Waals surface area contributed by atoms with Gasteiger partial charge in [0.25, 0.3) is 0 Å². The Bertz CT molecular complexity index is 1420. The van der Waals surface area contributed by atoms with Gasteiger partial charge in [0.15, 0.2) is 9.84 Å². The fraction of sp³-hybridized carbons (Fsp3) is 0.0741. The Morgan fingerprint density at radius 2 is 1.49 bits per heavy atom. The summed E-state index contributed by atoms with van der Waals surface area (Å²) in [5.74, 6) is 0. The molecule has 4 rings (SSSR count). The molecule has 0 saturated heterocycles. The molecule has 4 N–H and O–H groups in total. The average molecular weight is 487 g/mol. The van der Waals surface area contributed by atoms with Crippen LogP contribution in [0.15, 0.2) is 108 Å². The van der Waals surface area contributed by atoms with Gasteiger partial charge in [-0.25, -0.2) is 18.6 Å². The molecular weight excluding hydrogens is 460 g/mol. The molecule has 4 aromatic rings. The SMILES string of the molecule is CS(=O)(=O)c1ccccc1-c1ccc(NC(=O)NN(c2ccccc2)c2cccc(CN)c2)cc1. The van der Waals surface area contributed by atoms with Crippen LogP contribution in [-0.4, -0.2) is 20.7 Å². The number of nitrogens with zero attached hydrogens (tertiary/aromatic N) is 1. The largest absolute Gasteiger partial charge is 0.338 e. The van der Waals surface area contributed by atoms with E-state index in [0.717, 1.165) is 22.5 Å². The molecule has 0 aliphatic heterocycles. The van der Waals surface area contributed by atoms with Gasteiger partial charge in [-0.2, -0.15) is 0 Å². The number of sulfone groups is 1. The van der Waals surface area contributed by atoms with Gasteiger partial charge in [0.05, 0.1) is 16.3 Å². The number of hydrogen-bond donors (Lipinski definition) is 3. The topological polar surface area (TPSA) is 105 Å². The first-order valence-corrected chi connectivity index (χ1v) is 12.9. The summed E-state index contributed by atoms with van der Waals surface area (Å²) >= 11 is 0. The van der Waals surface area contributed by atoms with Crippen LogP contribution in [0.3, 0.4) is 0 Å². The first-order valence-electron chi connectivity index (χ1n) is 11.0. The highest BCUT2D eigenvalue weighted by Crippen LogP contribution is 2.28. The minimum Gasteiger partial charge on any atom is -0.326 e. The van der Waals surface area contributed by atoms with Crippen molar-refractivity contribution in [1.82, 2.24) is 5.43 Å². The number of rotatable bonds is 7. The molecular formula is C27H26N4O3S. The van der Waals surface area contributed by atoms with E-state index in [0.29, 0.717) is 17.8 Å². The van der Waals surface area contributed by atoms with Gasteiger partial charge >= 0.3 is 6.03 Å². The monoisotopic (exact) mass is 486 g/mol. The van der Waals surface area contributed by atoms with Crippen molar-refractivity contribution in [2.45, 2.75) is 11.4 Å². The summed E-state index contributed by atoms with van der Waals surface area (Å²) in [6.45, 7) is 0.386. The predicted molar refractivity (Wildman–Crippen MR) is 140 cm³/mol. The quantitative estimate of drug-likeness (QED) is 0.316. The Balaban J connectivity index is 1.54. The zero-order valence-corrected chi connectivity index (χ0v) is 20.0. The van der Waals surface area contributed by atoms with Gasteiger partial charge in [0, 0.05) is 24.1 Å². The Morgan fingerprint density at radius 3 is 2.17 bits per heavy atom. The van der Waals surface area contributed by atoms with Gasteiger partial charge in [-0.15, -0.1) is 0 Å². The number of hydrazine groups is 1. The Morgan fingerprint density at radius 1 is 0.829 bits per heavy atom. The zero-order chi connectivity index (χ0) is 24.8. The van der Waals surface area contributed by atoms with Crippen LogP contribution in [0.1, 0.15) is 5.56 Å². The van der Waals surface area contributed by atoms with Crippen molar-refractivity contribution in [3.05, 3.63) is 109 Å². The maximum atomic E-state index is 12.9. The van der Waals surface area contributed by atoms with Crippen molar-refractivity contribution < 1.29 is 13.2 Å². The van der Waals surface area contributed by atoms with Crippen LogP contribution in [-0.2, 0) is 16.4 Å². The number of para-hydroxylation sites is 1. The van der Waals surface area contributed by atoms with Crippen molar-refractivity contribution in [2.24, 2.45) is 5.73 Å². The predicted octanol–water partition coefficient (Wildman–Crippen LogP) is 5.09. The molecule has 4 aromatic carbocycles. The molecule has 0 aliphatic rings. The summed E-state index contributed by atoms with van der Waals surface area (Å²) in [4.78, 5) is 13.2. The van der Waals surface area contributed by atoms with E-state index >= 15 is 0 Å². The fourth-order valence-electron chi connectivity index (χ4n) is 3.70. The van der Waals surface area contributed by atoms with E-state index in [4.69, 9.17) is 5.73 Å². The van der Waals surface area contributed by atoms with Gasteiger partial charge < -0.3 is 11.1 Å². The standard InChI is InChI=1S/C27H26N4O3S/c1-35(33,34)26-13-6-5-12-25(26)21-14-16-22(17-15-21)29-27(32)30-31(23-9-3-2-4-10-23)24-11-7-8-20(18-24)19-28/h2-18H,19,28H2,1H3,(H2,29,30,32). The van der Waals surface area contributed by atoms with Gasteiger partial charge in [0.1, 0.15) is 0 Å². The zero-order valence-electron chi connectivity index (χ0n) is 19.2. The molecule has 0 bridgehead atoms. The number of carbonyl (C=O) groups is 1. The van der Waals surface area contributed by atoms with Crippen LogP contribution in [0.5, 0.6) is 0 Å². The molecule has 0 radical (unpaired) electrons. The molecule has 0 unspecified atom stereocenters. The summed E-state index contributed by atoms with van der Waals surface area (Å²) in [7, 11) is -3.38. The number of nitrogens with two attached hydrogens (primary N) is 1. The number of benzene rings is 4. The van der Waals surface area contributed by atoms with Crippen molar-refractivity contribution in [3.8, 4) is 11.1 Å². The average Bonchev–Trinajstić information content (AvgIpc) is 2.88. The second-order valence-corrected chi connectivity index (χ2v) is 9.94. The molecule has 0 spiro atoms. The van der Waals surface area contributed by atoms with E-state index in [9.17, 15) is 13.2 Å². The molecule has 0 heterocycles. The summed E-state index contributed by atoms with van der Waals surface area (Å²) < 4.78 is 24.3.